The van der Waals surface area contributed by atoms with Gasteiger partial charge in [0.15, 0.2) is 0 Å². The molecular formula is C13H14F4O. The van der Waals surface area contributed by atoms with Gasteiger partial charge >= 0.3 is 6.18 Å². The van der Waals surface area contributed by atoms with Crippen molar-refractivity contribution < 1.29 is 22.7 Å². The first kappa shape index (κ1) is 13.3. The highest BCUT2D eigenvalue weighted by atomic mass is 19.4. The van der Waals surface area contributed by atoms with Crippen LogP contribution in [0.3, 0.4) is 0 Å². The van der Waals surface area contributed by atoms with Crippen LogP contribution < -0.4 is 0 Å². The molecule has 3 atom stereocenters. The van der Waals surface area contributed by atoms with Crippen molar-refractivity contribution in [1.82, 2.24) is 0 Å². The molecule has 1 nitrogen and oxygen atoms in total. The lowest BCUT2D eigenvalue weighted by atomic mass is 9.88. The minimum Gasteiger partial charge on any atom is -0.393 e. The largest absolute Gasteiger partial charge is 0.419 e. The van der Waals surface area contributed by atoms with Crippen LogP contribution in [0.2, 0.25) is 0 Å². The molecule has 2 rings (SSSR count). The van der Waals surface area contributed by atoms with Gasteiger partial charge in [-0.15, -0.1) is 0 Å². The van der Waals surface area contributed by atoms with Crippen LogP contribution in [0.4, 0.5) is 17.6 Å². The van der Waals surface area contributed by atoms with Gasteiger partial charge in [0, 0.05) is 0 Å². The van der Waals surface area contributed by atoms with E-state index >= 15 is 0 Å². The molecule has 0 radical (unpaired) electrons. The third kappa shape index (κ3) is 2.36. The Bertz CT molecular complexity index is 441. The van der Waals surface area contributed by atoms with E-state index in [9.17, 15) is 22.7 Å². The fourth-order valence-corrected chi connectivity index (χ4v) is 2.61. The van der Waals surface area contributed by atoms with Crippen molar-refractivity contribution in [3.8, 4) is 0 Å². The second-order valence-electron chi connectivity index (χ2n) is 4.85. The Morgan fingerprint density at radius 2 is 1.89 bits per heavy atom. The molecule has 0 saturated heterocycles. The summed E-state index contributed by atoms with van der Waals surface area (Å²) in [6.07, 6.45) is -3.97. The topological polar surface area (TPSA) is 20.2 Å². The summed E-state index contributed by atoms with van der Waals surface area (Å²) in [5.41, 5.74) is -0.777. The molecule has 5 heteroatoms. The minimum absolute atomic E-state index is 0.100. The molecule has 0 aliphatic heterocycles. The van der Waals surface area contributed by atoms with Crippen molar-refractivity contribution in [1.29, 1.82) is 0 Å². The maximum atomic E-state index is 13.2. The van der Waals surface area contributed by atoms with Crippen molar-refractivity contribution in [2.45, 2.75) is 38.0 Å². The first-order valence-corrected chi connectivity index (χ1v) is 5.85. The van der Waals surface area contributed by atoms with Gasteiger partial charge in [0.1, 0.15) is 5.82 Å². The molecule has 1 N–H and O–H groups in total. The van der Waals surface area contributed by atoms with E-state index in [4.69, 9.17) is 0 Å². The van der Waals surface area contributed by atoms with Crippen LogP contribution in [-0.4, -0.2) is 11.2 Å². The summed E-state index contributed by atoms with van der Waals surface area (Å²) < 4.78 is 51.0. The van der Waals surface area contributed by atoms with Crippen molar-refractivity contribution in [3.05, 3.63) is 35.1 Å². The number of halogens is 4. The van der Waals surface area contributed by atoms with Crippen molar-refractivity contribution in [2.75, 3.05) is 0 Å². The van der Waals surface area contributed by atoms with Crippen LogP contribution in [0.1, 0.15) is 36.8 Å². The van der Waals surface area contributed by atoms with Crippen LogP contribution in [0, 0.1) is 11.7 Å². The summed E-state index contributed by atoms with van der Waals surface area (Å²) in [6.45, 7) is 1.80. The molecule has 0 aromatic heterocycles. The van der Waals surface area contributed by atoms with Crippen LogP contribution in [-0.2, 0) is 6.18 Å². The molecule has 0 bridgehead atoms. The zero-order valence-electron chi connectivity index (χ0n) is 9.84. The third-order valence-electron chi connectivity index (χ3n) is 3.74. The standard InChI is InChI=1S/C13H14F4O/c1-7-9(3-5-12(7)18)8-2-4-11(14)10(6-8)13(15,16)17/h2,4,6-7,9,12,18H,3,5H2,1H3. The predicted octanol–water partition coefficient (Wildman–Crippen LogP) is 3.72. The quantitative estimate of drug-likeness (QED) is 0.765. The van der Waals surface area contributed by atoms with E-state index in [0.717, 1.165) is 12.1 Å². The molecule has 18 heavy (non-hydrogen) atoms. The molecule has 1 aliphatic rings. The number of aliphatic hydroxyl groups is 1. The summed E-state index contributed by atoms with van der Waals surface area (Å²) >= 11 is 0. The van der Waals surface area contributed by atoms with E-state index in [1.165, 1.54) is 6.07 Å². The molecule has 1 aliphatic carbocycles. The lowest BCUT2D eigenvalue weighted by molar-refractivity contribution is -0.140. The Morgan fingerprint density at radius 3 is 2.39 bits per heavy atom. The summed E-state index contributed by atoms with van der Waals surface area (Å²) in [5.74, 6) is -1.49. The van der Waals surface area contributed by atoms with Crippen LogP contribution in [0.25, 0.3) is 0 Å². The van der Waals surface area contributed by atoms with Crippen LogP contribution in [0.15, 0.2) is 18.2 Å². The number of alkyl halides is 3. The van der Waals surface area contributed by atoms with Gasteiger partial charge in [-0.3, -0.25) is 0 Å². The van der Waals surface area contributed by atoms with E-state index in [1.807, 2.05) is 0 Å². The number of aliphatic hydroxyl groups excluding tert-OH is 1. The highest BCUT2D eigenvalue weighted by Crippen LogP contribution is 2.41. The summed E-state index contributed by atoms with van der Waals surface area (Å²) in [4.78, 5) is 0. The smallest absolute Gasteiger partial charge is 0.393 e. The van der Waals surface area contributed by atoms with E-state index in [0.29, 0.717) is 18.4 Å². The average Bonchev–Trinajstić information content (AvgIpc) is 2.59. The molecule has 1 aromatic carbocycles. The number of hydrogen-bond acceptors (Lipinski definition) is 1. The van der Waals surface area contributed by atoms with Gasteiger partial charge in [-0.2, -0.15) is 13.2 Å². The Balaban J connectivity index is 2.36. The Kier molecular flexibility index (Phi) is 3.36. The highest BCUT2D eigenvalue weighted by Gasteiger charge is 2.37. The van der Waals surface area contributed by atoms with Gasteiger partial charge in [-0.25, -0.2) is 4.39 Å². The first-order chi connectivity index (χ1) is 8.30. The van der Waals surface area contributed by atoms with Gasteiger partial charge in [-0.05, 0) is 42.4 Å². The Morgan fingerprint density at radius 1 is 1.22 bits per heavy atom. The number of hydrogen-bond donors (Lipinski definition) is 1. The maximum Gasteiger partial charge on any atom is 0.419 e. The minimum atomic E-state index is -4.68. The van der Waals surface area contributed by atoms with Crippen LogP contribution in [0.5, 0.6) is 0 Å². The Labute approximate surface area is 102 Å². The van der Waals surface area contributed by atoms with Crippen LogP contribution >= 0.6 is 0 Å². The average molecular weight is 262 g/mol. The molecule has 100 valence electrons. The summed E-state index contributed by atoms with van der Waals surface area (Å²) in [6, 6.07) is 3.11. The maximum absolute atomic E-state index is 13.2. The fraction of sp³-hybridized carbons (Fsp3) is 0.538. The molecule has 0 spiro atoms. The molecular weight excluding hydrogens is 248 g/mol. The molecule has 3 unspecified atom stereocenters. The SMILES string of the molecule is CC1C(O)CCC1c1ccc(F)c(C(F)(F)F)c1. The summed E-state index contributed by atoms with van der Waals surface area (Å²) in [7, 11) is 0. The number of benzene rings is 1. The van der Waals surface area contributed by atoms with Gasteiger partial charge in [0.2, 0.25) is 0 Å². The van der Waals surface area contributed by atoms with E-state index in [2.05, 4.69) is 0 Å². The third-order valence-corrected chi connectivity index (χ3v) is 3.74. The first-order valence-electron chi connectivity index (χ1n) is 5.85. The Hall–Kier alpha value is -1.10. The number of rotatable bonds is 1. The lowest BCUT2D eigenvalue weighted by Gasteiger charge is -2.19. The predicted molar refractivity (Wildman–Crippen MR) is 58.5 cm³/mol. The van der Waals surface area contributed by atoms with Crippen molar-refractivity contribution in [3.63, 3.8) is 0 Å². The molecule has 1 saturated carbocycles. The zero-order valence-corrected chi connectivity index (χ0v) is 9.84. The van der Waals surface area contributed by atoms with E-state index in [1.54, 1.807) is 6.92 Å². The van der Waals surface area contributed by atoms with E-state index in [-0.39, 0.29) is 11.8 Å². The molecule has 0 amide bonds. The fourth-order valence-electron chi connectivity index (χ4n) is 2.61. The van der Waals surface area contributed by atoms with Crippen molar-refractivity contribution >= 4 is 0 Å². The monoisotopic (exact) mass is 262 g/mol. The summed E-state index contributed by atoms with van der Waals surface area (Å²) in [5, 5.41) is 9.62. The van der Waals surface area contributed by atoms with Crippen molar-refractivity contribution in [2.24, 2.45) is 5.92 Å². The van der Waals surface area contributed by atoms with E-state index < -0.39 is 23.7 Å². The highest BCUT2D eigenvalue weighted by molar-refractivity contribution is 5.31. The lowest BCUT2D eigenvalue weighted by Crippen LogP contribution is -2.15. The van der Waals surface area contributed by atoms with Gasteiger partial charge < -0.3 is 5.11 Å². The second kappa shape index (κ2) is 4.53. The molecule has 1 fully saturated rings. The normalized spacial score (nSPS) is 28.7. The second-order valence-corrected chi connectivity index (χ2v) is 4.85. The van der Waals surface area contributed by atoms with Gasteiger partial charge in [0.05, 0.1) is 11.7 Å². The molecule has 1 aromatic rings. The van der Waals surface area contributed by atoms with Gasteiger partial charge in [0.25, 0.3) is 0 Å². The zero-order chi connectivity index (χ0) is 13.5. The molecule has 0 heterocycles. The van der Waals surface area contributed by atoms with Gasteiger partial charge in [-0.1, -0.05) is 13.0 Å².